The Balaban J connectivity index is 1.71. The predicted octanol–water partition coefficient (Wildman–Crippen LogP) is 2.64. The lowest BCUT2D eigenvalue weighted by atomic mass is 10.0. The zero-order valence-electron chi connectivity index (χ0n) is 14.6. The van der Waals surface area contributed by atoms with Crippen molar-refractivity contribution in [2.75, 3.05) is 18.6 Å². The standard InChI is InChI=1S/C20H24N2O3/c1-14(16-7-5-6-15(12-16)13-23)21-17-10-11-22(20(17)24)18-8-3-4-9-19(18)25-2/h3-9,12,14,17,21,23H,10-11,13H2,1-2H3/t14-,17+/m1/s1. The van der Waals surface area contributed by atoms with Gasteiger partial charge in [-0.25, -0.2) is 0 Å². The topological polar surface area (TPSA) is 61.8 Å². The number of carbonyl (C=O) groups is 1. The third-order valence-corrected chi connectivity index (χ3v) is 4.67. The number of carbonyl (C=O) groups excluding carboxylic acids is 1. The first-order chi connectivity index (χ1) is 12.1. The predicted molar refractivity (Wildman–Crippen MR) is 97.7 cm³/mol. The van der Waals surface area contributed by atoms with E-state index < -0.39 is 0 Å². The van der Waals surface area contributed by atoms with Gasteiger partial charge in [-0.2, -0.15) is 0 Å². The third kappa shape index (κ3) is 3.67. The number of hydrogen-bond acceptors (Lipinski definition) is 4. The van der Waals surface area contributed by atoms with Crippen LogP contribution in [0.2, 0.25) is 0 Å². The fraction of sp³-hybridized carbons (Fsp3) is 0.350. The largest absolute Gasteiger partial charge is 0.495 e. The highest BCUT2D eigenvalue weighted by Crippen LogP contribution is 2.31. The molecule has 132 valence electrons. The summed E-state index contributed by atoms with van der Waals surface area (Å²) in [4.78, 5) is 14.6. The van der Waals surface area contributed by atoms with Crippen molar-refractivity contribution in [3.63, 3.8) is 0 Å². The minimum atomic E-state index is -0.224. The molecular formula is C20H24N2O3. The van der Waals surface area contributed by atoms with Gasteiger partial charge in [-0.15, -0.1) is 0 Å². The molecule has 5 nitrogen and oxygen atoms in total. The summed E-state index contributed by atoms with van der Waals surface area (Å²) in [6, 6.07) is 15.2. The molecule has 1 fully saturated rings. The summed E-state index contributed by atoms with van der Waals surface area (Å²) in [7, 11) is 1.62. The van der Waals surface area contributed by atoms with Crippen LogP contribution in [0, 0.1) is 0 Å². The molecular weight excluding hydrogens is 316 g/mol. The number of ether oxygens (including phenoxy) is 1. The Morgan fingerprint density at radius 1 is 1.28 bits per heavy atom. The second-order valence-electron chi connectivity index (χ2n) is 6.29. The number of aliphatic hydroxyl groups excluding tert-OH is 1. The quantitative estimate of drug-likeness (QED) is 0.849. The van der Waals surface area contributed by atoms with Crippen LogP contribution < -0.4 is 15.0 Å². The normalized spacial score (nSPS) is 18.4. The second-order valence-corrected chi connectivity index (χ2v) is 6.29. The fourth-order valence-electron chi connectivity index (χ4n) is 3.29. The van der Waals surface area contributed by atoms with Gasteiger partial charge in [0.05, 0.1) is 25.4 Å². The van der Waals surface area contributed by atoms with Crippen LogP contribution in [-0.4, -0.2) is 30.7 Å². The summed E-state index contributed by atoms with van der Waals surface area (Å²) >= 11 is 0. The number of benzene rings is 2. The number of nitrogens with zero attached hydrogens (tertiary/aromatic N) is 1. The first-order valence-electron chi connectivity index (χ1n) is 8.54. The van der Waals surface area contributed by atoms with Gasteiger partial charge < -0.3 is 14.7 Å². The molecule has 0 spiro atoms. The Morgan fingerprint density at radius 3 is 2.84 bits per heavy atom. The molecule has 0 saturated carbocycles. The van der Waals surface area contributed by atoms with Crippen molar-refractivity contribution in [1.82, 2.24) is 5.32 Å². The van der Waals surface area contributed by atoms with Crippen LogP contribution in [0.4, 0.5) is 5.69 Å². The number of aliphatic hydroxyl groups is 1. The van der Waals surface area contributed by atoms with Crippen LogP contribution in [0.25, 0.3) is 0 Å². The highest BCUT2D eigenvalue weighted by atomic mass is 16.5. The van der Waals surface area contributed by atoms with Crippen LogP contribution in [0.15, 0.2) is 48.5 Å². The molecule has 2 atom stereocenters. The number of methoxy groups -OCH3 is 1. The van der Waals surface area contributed by atoms with Gasteiger partial charge in [0.2, 0.25) is 5.91 Å². The summed E-state index contributed by atoms with van der Waals surface area (Å²) in [5, 5.41) is 12.7. The van der Waals surface area contributed by atoms with Crippen LogP contribution in [0.3, 0.4) is 0 Å². The highest BCUT2D eigenvalue weighted by Gasteiger charge is 2.34. The molecule has 0 aliphatic carbocycles. The Kier molecular flexibility index (Phi) is 5.36. The van der Waals surface area contributed by atoms with E-state index in [4.69, 9.17) is 4.74 Å². The molecule has 1 saturated heterocycles. The number of hydrogen-bond donors (Lipinski definition) is 2. The van der Waals surface area contributed by atoms with E-state index in [1.54, 1.807) is 12.0 Å². The minimum absolute atomic E-state index is 0.0184. The van der Waals surface area contributed by atoms with Gasteiger partial charge in [0, 0.05) is 12.6 Å². The van der Waals surface area contributed by atoms with E-state index in [1.165, 1.54) is 0 Å². The minimum Gasteiger partial charge on any atom is -0.495 e. The smallest absolute Gasteiger partial charge is 0.244 e. The summed E-state index contributed by atoms with van der Waals surface area (Å²) in [6.45, 7) is 2.72. The van der Waals surface area contributed by atoms with Gasteiger partial charge in [0.15, 0.2) is 0 Å². The van der Waals surface area contributed by atoms with Gasteiger partial charge in [0.25, 0.3) is 0 Å². The van der Waals surface area contributed by atoms with Gasteiger partial charge >= 0.3 is 0 Å². The summed E-state index contributed by atoms with van der Waals surface area (Å²) in [5.74, 6) is 0.773. The highest BCUT2D eigenvalue weighted by molar-refractivity contribution is 6.00. The molecule has 1 aliphatic rings. The summed E-state index contributed by atoms with van der Waals surface area (Å²) in [5.41, 5.74) is 2.75. The van der Waals surface area contributed by atoms with Crippen molar-refractivity contribution in [2.24, 2.45) is 0 Å². The number of rotatable bonds is 6. The van der Waals surface area contributed by atoms with Crippen molar-refractivity contribution in [2.45, 2.75) is 32.0 Å². The zero-order chi connectivity index (χ0) is 17.8. The molecule has 2 N–H and O–H groups in total. The number of nitrogens with one attached hydrogen (secondary N) is 1. The maximum atomic E-state index is 12.8. The average molecular weight is 340 g/mol. The van der Waals surface area contributed by atoms with E-state index in [0.717, 1.165) is 23.2 Å². The van der Waals surface area contributed by atoms with Gasteiger partial charge in [-0.3, -0.25) is 10.1 Å². The van der Waals surface area contributed by atoms with Crippen molar-refractivity contribution in [3.8, 4) is 5.75 Å². The van der Waals surface area contributed by atoms with Crippen LogP contribution in [0.1, 0.15) is 30.5 Å². The van der Waals surface area contributed by atoms with E-state index in [2.05, 4.69) is 5.32 Å². The molecule has 1 amide bonds. The van der Waals surface area contributed by atoms with E-state index in [1.807, 2.05) is 55.5 Å². The maximum Gasteiger partial charge on any atom is 0.244 e. The summed E-state index contributed by atoms with van der Waals surface area (Å²) in [6.07, 6.45) is 0.751. The first-order valence-corrected chi connectivity index (χ1v) is 8.54. The molecule has 0 bridgehead atoms. The first kappa shape index (κ1) is 17.5. The molecule has 0 radical (unpaired) electrons. The molecule has 0 unspecified atom stereocenters. The van der Waals surface area contributed by atoms with Crippen LogP contribution >= 0.6 is 0 Å². The van der Waals surface area contributed by atoms with Crippen molar-refractivity contribution >= 4 is 11.6 Å². The Morgan fingerprint density at radius 2 is 2.08 bits per heavy atom. The van der Waals surface area contributed by atoms with Gasteiger partial charge in [-0.05, 0) is 36.6 Å². The van der Waals surface area contributed by atoms with Crippen LogP contribution in [-0.2, 0) is 11.4 Å². The van der Waals surface area contributed by atoms with Gasteiger partial charge in [0.1, 0.15) is 5.75 Å². The van der Waals surface area contributed by atoms with E-state index in [9.17, 15) is 9.90 Å². The zero-order valence-corrected chi connectivity index (χ0v) is 14.6. The molecule has 1 aliphatic heterocycles. The summed E-state index contributed by atoms with van der Waals surface area (Å²) < 4.78 is 5.38. The average Bonchev–Trinajstić information content (AvgIpc) is 3.02. The van der Waals surface area contributed by atoms with Crippen LogP contribution in [0.5, 0.6) is 5.75 Å². The lowest BCUT2D eigenvalue weighted by molar-refractivity contribution is -0.119. The lowest BCUT2D eigenvalue weighted by Gasteiger charge is -2.22. The van der Waals surface area contributed by atoms with E-state index >= 15 is 0 Å². The van der Waals surface area contributed by atoms with Crippen molar-refractivity contribution in [1.29, 1.82) is 0 Å². The molecule has 2 aromatic rings. The van der Waals surface area contributed by atoms with E-state index in [0.29, 0.717) is 12.3 Å². The van der Waals surface area contributed by atoms with Crippen molar-refractivity contribution in [3.05, 3.63) is 59.7 Å². The third-order valence-electron chi connectivity index (χ3n) is 4.67. The monoisotopic (exact) mass is 340 g/mol. The molecule has 0 aromatic heterocycles. The van der Waals surface area contributed by atoms with Gasteiger partial charge in [-0.1, -0.05) is 36.4 Å². The Bertz CT molecular complexity index is 747. The molecule has 3 rings (SSSR count). The SMILES string of the molecule is COc1ccccc1N1CC[C@H](N[C@H](C)c2cccc(CO)c2)C1=O. The molecule has 1 heterocycles. The molecule has 25 heavy (non-hydrogen) atoms. The number of para-hydroxylation sites is 2. The van der Waals surface area contributed by atoms with Crippen molar-refractivity contribution < 1.29 is 14.6 Å². The number of anilines is 1. The maximum absolute atomic E-state index is 12.8. The molecule has 2 aromatic carbocycles. The lowest BCUT2D eigenvalue weighted by Crippen LogP contribution is -2.39. The second kappa shape index (κ2) is 7.68. The Labute approximate surface area is 148 Å². The Hall–Kier alpha value is -2.37. The fourth-order valence-corrected chi connectivity index (χ4v) is 3.29. The number of amides is 1. The van der Waals surface area contributed by atoms with E-state index in [-0.39, 0.29) is 24.6 Å². The molecule has 5 heteroatoms.